The number of nitrogens with zero attached hydrogens (tertiary/aromatic N) is 1. The van der Waals surface area contributed by atoms with Gasteiger partial charge in [-0.05, 0) is 35.2 Å². The molecule has 1 unspecified atom stereocenters. The Labute approximate surface area is 112 Å². The predicted molar refractivity (Wildman–Crippen MR) is 73.8 cm³/mol. The van der Waals surface area contributed by atoms with Crippen LogP contribution < -0.4 is 0 Å². The first kappa shape index (κ1) is 11.7. The standard InChI is InChI=1S/C17H13NO/c1-11-8-14-6-3-7-15(16(14)17(11)19)13-5-2-4-12(9-13)10-18/h2-7,9,11H,8H2,1H3. The summed E-state index contributed by atoms with van der Waals surface area (Å²) in [5.41, 5.74) is 4.47. The molecule has 0 heterocycles. The third-order valence-electron chi connectivity index (χ3n) is 3.67. The summed E-state index contributed by atoms with van der Waals surface area (Å²) < 4.78 is 0. The molecule has 0 fully saturated rings. The van der Waals surface area contributed by atoms with E-state index in [0.717, 1.165) is 28.7 Å². The van der Waals surface area contributed by atoms with E-state index < -0.39 is 0 Å². The lowest BCUT2D eigenvalue weighted by Crippen LogP contribution is -2.04. The maximum Gasteiger partial charge on any atom is 0.166 e. The molecular weight excluding hydrogens is 234 g/mol. The number of fused-ring (bicyclic) bond motifs is 1. The number of rotatable bonds is 1. The monoisotopic (exact) mass is 247 g/mol. The smallest absolute Gasteiger partial charge is 0.166 e. The van der Waals surface area contributed by atoms with Gasteiger partial charge in [-0.25, -0.2) is 0 Å². The van der Waals surface area contributed by atoms with Gasteiger partial charge in [-0.2, -0.15) is 5.26 Å². The van der Waals surface area contributed by atoms with Crippen LogP contribution in [-0.4, -0.2) is 5.78 Å². The Bertz CT molecular complexity index is 709. The van der Waals surface area contributed by atoms with Gasteiger partial charge in [0.05, 0.1) is 11.6 Å². The minimum Gasteiger partial charge on any atom is -0.294 e. The van der Waals surface area contributed by atoms with E-state index in [0.29, 0.717) is 5.56 Å². The van der Waals surface area contributed by atoms with Crippen LogP contribution in [0.4, 0.5) is 0 Å². The summed E-state index contributed by atoms with van der Waals surface area (Å²) in [6.07, 6.45) is 0.819. The Hall–Kier alpha value is -2.40. The van der Waals surface area contributed by atoms with Crippen LogP contribution in [0.1, 0.15) is 28.4 Å². The van der Waals surface area contributed by atoms with Crippen LogP contribution in [0.5, 0.6) is 0 Å². The second-order valence-corrected chi connectivity index (χ2v) is 5.00. The molecule has 0 bridgehead atoms. The molecule has 0 N–H and O–H groups in total. The fourth-order valence-corrected chi connectivity index (χ4v) is 2.73. The van der Waals surface area contributed by atoms with Gasteiger partial charge in [0, 0.05) is 11.5 Å². The Balaban J connectivity index is 2.20. The van der Waals surface area contributed by atoms with Gasteiger partial charge in [0.2, 0.25) is 0 Å². The third kappa shape index (κ3) is 1.84. The lowest BCUT2D eigenvalue weighted by atomic mass is 9.95. The summed E-state index contributed by atoms with van der Waals surface area (Å²) >= 11 is 0. The number of ketones is 1. The van der Waals surface area contributed by atoms with E-state index in [4.69, 9.17) is 5.26 Å². The molecule has 2 aromatic carbocycles. The molecule has 0 amide bonds. The van der Waals surface area contributed by atoms with E-state index >= 15 is 0 Å². The normalized spacial score (nSPS) is 17.1. The van der Waals surface area contributed by atoms with E-state index in [2.05, 4.69) is 6.07 Å². The number of nitriles is 1. The van der Waals surface area contributed by atoms with Crippen LogP contribution >= 0.6 is 0 Å². The van der Waals surface area contributed by atoms with Crippen molar-refractivity contribution in [1.82, 2.24) is 0 Å². The number of carbonyl (C=O) groups excluding carboxylic acids is 1. The van der Waals surface area contributed by atoms with Crippen LogP contribution in [0.25, 0.3) is 11.1 Å². The van der Waals surface area contributed by atoms with E-state index in [1.165, 1.54) is 0 Å². The minimum atomic E-state index is 0.0651. The fourth-order valence-electron chi connectivity index (χ4n) is 2.73. The van der Waals surface area contributed by atoms with Gasteiger partial charge in [-0.15, -0.1) is 0 Å². The molecule has 0 saturated heterocycles. The van der Waals surface area contributed by atoms with Crippen molar-refractivity contribution in [3.05, 3.63) is 59.2 Å². The average Bonchev–Trinajstić information content (AvgIpc) is 2.74. The Kier molecular flexibility index (Phi) is 2.68. The number of Topliss-reactive ketones (excluding diaryl/α,β-unsaturated/α-hetero) is 1. The molecule has 0 radical (unpaired) electrons. The first-order valence-electron chi connectivity index (χ1n) is 6.37. The molecule has 0 aromatic heterocycles. The predicted octanol–water partition coefficient (Wildman–Crippen LogP) is 3.60. The van der Waals surface area contributed by atoms with Gasteiger partial charge in [-0.3, -0.25) is 4.79 Å². The maximum absolute atomic E-state index is 12.3. The molecule has 1 atom stereocenters. The van der Waals surface area contributed by atoms with Gasteiger partial charge in [0.25, 0.3) is 0 Å². The molecule has 0 saturated carbocycles. The van der Waals surface area contributed by atoms with Crippen molar-refractivity contribution in [3.8, 4) is 17.2 Å². The van der Waals surface area contributed by atoms with Crippen molar-refractivity contribution < 1.29 is 4.79 Å². The molecule has 3 rings (SSSR count). The highest BCUT2D eigenvalue weighted by Crippen LogP contribution is 2.34. The van der Waals surface area contributed by atoms with Gasteiger partial charge in [0.15, 0.2) is 5.78 Å². The van der Waals surface area contributed by atoms with Crippen LogP contribution in [-0.2, 0) is 6.42 Å². The van der Waals surface area contributed by atoms with E-state index in [1.807, 2.05) is 43.3 Å². The lowest BCUT2D eigenvalue weighted by molar-refractivity contribution is 0.0947. The summed E-state index contributed by atoms with van der Waals surface area (Å²) in [4.78, 5) is 12.3. The molecule has 1 aliphatic carbocycles. The van der Waals surface area contributed by atoms with Crippen LogP contribution in [0.3, 0.4) is 0 Å². The van der Waals surface area contributed by atoms with Crippen LogP contribution in [0, 0.1) is 17.2 Å². The Morgan fingerprint density at radius 2 is 2.00 bits per heavy atom. The maximum atomic E-state index is 12.3. The number of hydrogen-bond acceptors (Lipinski definition) is 2. The largest absolute Gasteiger partial charge is 0.294 e. The molecular formula is C17H13NO. The van der Waals surface area contributed by atoms with Gasteiger partial charge >= 0.3 is 0 Å². The fraction of sp³-hybridized carbons (Fsp3) is 0.176. The Morgan fingerprint density at radius 3 is 2.79 bits per heavy atom. The number of benzene rings is 2. The minimum absolute atomic E-state index is 0.0651. The highest BCUT2D eigenvalue weighted by atomic mass is 16.1. The first-order chi connectivity index (χ1) is 9.20. The second kappa shape index (κ2) is 4.37. The van der Waals surface area contributed by atoms with Crippen molar-refractivity contribution in [3.63, 3.8) is 0 Å². The lowest BCUT2D eigenvalue weighted by Gasteiger charge is -2.08. The van der Waals surface area contributed by atoms with Crippen LogP contribution in [0.2, 0.25) is 0 Å². The summed E-state index contributed by atoms with van der Waals surface area (Å²) in [6.45, 7) is 1.97. The highest BCUT2D eigenvalue weighted by molar-refractivity contribution is 6.07. The Morgan fingerprint density at radius 1 is 1.21 bits per heavy atom. The molecule has 19 heavy (non-hydrogen) atoms. The summed E-state index contributed by atoms with van der Waals surface area (Å²) in [5.74, 6) is 0.281. The summed E-state index contributed by atoms with van der Waals surface area (Å²) in [6, 6.07) is 15.5. The van der Waals surface area contributed by atoms with Gasteiger partial charge < -0.3 is 0 Å². The van der Waals surface area contributed by atoms with Crippen molar-refractivity contribution in [1.29, 1.82) is 5.26 Å². The zero-order valence-electron chi connectivity index (χ0n) is 10.7. The van der Waals surface area contributed by atoms with Gasteiger partial charge in [-0.1, -0.05) is 37.3 Å². The van der Waals surface area contributed by atoms with E-state index in [-0.39, 0.29) is 11.7 Å². The third-order valence-corrected chi connectivity index (χ3v) is 3.67. The highest BCUT2D eigenvalue weighted by Gasteiger charge is 2.29. The second-order valence-electron chi connectivity index (χ2n) is 5.00. The molecule has 1 aliphatic rings. The summed E-state index contributed by atoms with van der Waals surface area (Å²) in [5, 5.41) is 8.98. The van der Waals surface area contributed by atoms with Crippen molar-refractivity contribution in [2.45, 2.75) is 13.3 Å². The molecule has 2 nitrogen and oxygen atoms in total. The van der Waals surface area contributed by atoms with Crippen molar-refractivity contribution in [2.24, 2.45) is 5.92 Å². The topological polar surface area (TPSA) is 40.9 Å². The number of carbonyl (C=O) groups is 1. The zero-order chi connectivity index (χ0) is 13.4. The quantitative estimate of drug-likeness (QED) is 0.772. The molecule has 92 valence electrons. The van der Waals surface area contributed by atoms with E-state index in [1.54, 1.807) is 6.07 Å². The molecule has 0 aliphatic heterocycles. The first-order valence-corrected chi connectivity index (χ1v) is 6.37. The van der Waals surface area contributed by atoms with Crippen molar-refractivity contribution in [2.75, 3.05) is 0 Å². The molecule has 0 spiro atoms. The van der Waals surface area contributed by atoms with Gasteiger partial charge in [0.1, 0.15) is 0 Å². The zero-order valence-corrected chi connectivity index (χ0v) is 10.7. The van der Waals surface area contributed by atoms with Crippen LogP contribution in [0.15, 0.2) is 42.5 Å². The molecule has 2 heteroatoms. The summed E-state index contributed by atoms with van der Waals surface area (Å²) in [7, 11) is 0. The van der Waals surface area contributed by atoms with E-state index in [9.17, 15) is 4.79 Å². The number of hydrogen-bond donors (Lipinski definition) is 0. The average molecular weight is 247 g/mol. The SMILES string of the molecule is CC1Cc2cccc(-c3cccc(C#N)c3)c2C1=O. The van der Waals surface area contributed by atoms with Crippen molar-refractivity contribution >= 4 is 5.78 Å². The molecule has 2 aromatic rings.